The lowest BCUT2D eigenvalue weighted by atomic mass is 10.0. The number of nitrogens with zero attached hydrogens (tertiary/aromatic N) is 2. The summed E-state index contributed by atoms with van der Waals surface area (Å²) in [4.78, 5) is 27.8. The van der Waals surface area contributed by atoms with Gasteiger partial charge in [0.15, 0.2) is 11.6 Å². The third kappa shape index (κ3) is 3.00. The number of amides is 2. The lowest BCUT2D eigenvalue weighted by molar-refractivity contribution is -0.138. The molecule has 2 saturated heterocycles. The maximum atomic E-state index is 13.3. The highest BCUT2D eigenvalue weighted by Gasteiger charge is 2.49. The molecule has 1 aromatic rings. The maximum absolute atomic E-state index is 13.3. The topological polar surface area (TPSA) is 52.7 Å². The van der Waals surface area contributed by atoms with E-state index < -0.39 is 17.7 Å². The summed E-state index contributed by atoms with van der Waals surface area (Å²) in [5.74, 6) is -1.72. The Labute approximate surface area is 139 Å². The Balaban J connectivity index is 1.70. The molecule has 2 amide bonds. The lowest BCUT2D eigenvalue weighted by Gasteiger charge is -2.28. The fourth-order valence-electron chi connectivity index (χ4n) is 4.00. The Morgan fingerprint density at radius 1 is 1.25 bits per heavy atom. The van der Waals surface area contributed by atoms with E-state index in [9.17, 15) is 18.4 Å². The minimum Gasteiger partial charge on any atom is -0.357 e. The van der Waals surface area contributed by atoms with Crippen molar-refractivity contribution in [2.75, 3.05) is 20.1 Å². The first-order valence-corrected chi connectivity index (χ1v) is 8.07. The second kappa shape index (κ2) is 6.47. The van der Waals surface area contributed by atoms with E-state index >= 15 is 0 Å². The van der Waals surface area contributed by atoms with Crippen molar-refractivity contribution in [2.45, 2.75) is 32.0 Å². The molecule has 130 valence electrons. The molecular formula is C17H21F2N3O2. The fraction of sp³-hybridized carbons (Fsp3) is 0.529. The van der Waals surface area contributed by atoms with E-state index in [1.54, 1.807) is 18.0 Å². The van der Waals surface area contributed by atoms with E-state index in [-0.39, 0.29) is 23.8 Å². The molecule has 7 heteroatoms. The van der Waals surface area contributed by atoms with Crippen LogP contribution in [0.5, 0.6) is 0 Å². The molecule has 3 rings (SSSR count). The molecule has 0 radical (unpaired) electrons. The number of rotatable bonds is 3. The minimum atomic E-state index is -0.854. The van der Waals surface area contributed by atoms with Crippen molar-refractivity contribution in [2.24, 2.45) is 5.92 Å². The van der Waals surface area contributed by atoms with Gasteiger partial charge in [-0.15, -0.1) is 0 Å². The van der Waals surface area contributed by atoms with Crippen molar-refractivity contribution in [1.29, 1.82) is 0 Å². The predicted octanol–water partition coefficient (Wildman–Crippen LogP) is 1.13. The molecule has 5 nitrogen and oxygen atoms in total. The molecule has 2 aliphatic heterocycles. The van der Waals surface area contributed by atoms with Gasteiger partial charge in [0.05, 0.1) is 0 Å². The summed E-state index contributed by atoms with van der Waals surface area (Å²) in [6.45, 7) is 3.36. The van der Waals surface area contributed by atoms with Gasteiger partial charge in [-0.05, 0) is 30.0 Å². The van der Waals surface area contributed by atoms with Crippen LogP contribution in [0.15, 0.2) is 18.2 Å². The summed E-state index contributed by atoms with van der Waals surface area (Å²) < 4.78 is 26.4. The van der Waals surface area contributed by atoms with Gasteiger partial charge in [0, 0.05) is 39.6 Å². The number of likely N-dealkylation sites (N-methyl/N-ethyl adjacent to an activating group) is 1. The normalized spacial score (nSPS) is 26.5. The molecular weight excluding hydrogens is 316 g/mol. The minimum absolute atomic E-state index is 0.00454. The smallest absolute Gasteiger partial charge is 0.242 e. The molecule has 0 unspecified atom stereocenters. The first kappa shape index (κ1) is 16.8. The number of halogens is 2. The summed E-state index contributed by atoms with van der Waals surface area (Å²) in [6.07, 6.45) is 0.637. The lowest BCUT2D eigenvalue weighted by Crippen LogP contribution is -2.49. The number of carbonyl (C=O) groups excluding carboxylic acids is 2. The van der Waals surface area contributed by atoms with Gasteiger partial charge in [-0.3, -0.25) is 14.5 Å². The summed E-state index contributed by atoms with van der Waals surface area (Å²) in [5.41, 5.74) is 0.700. The van der Waals surface area contributed by atoms with Gasteiger partial charge in [-0.1, -0.05) is 6.07 Å². The third-order valence-electron chi connectivity index (χ3n) is 5.00. The summed E-state index contributed by atoms with van der Waals surface area (Å²) in [7, 11) is 1.57. The number of likely N-dealkylation sites (tertiary alicyclic amines) is 2. The van der Waals surface area contributed by atoms with E-state index in [2.05, 4.69) is 10.2 Å². The van der Waals surface area contributed by atoms with Crippen LogP contribution in [-0.4, -0.2) is 53.8 Å². The van der Waals surface area contributed by atoms with E-state index in [4.69, 9.17) is 0 Å². The number of hydrogen-bond donors (Lipinski definition) is 1. The summed E-state index contributed by atoms with van der Waals surface area (Å²) in [5, 5.41) is 2.62. The summed E-state index contributed by atoms with van der Waals surface area (Å²) in [6, 6.07) is 3.50. The predicted molar refractivity (Wildman–Crippen MR) is 83.9 cm³/mol. The molecule has 24 heavy (non-hydrogen) atoms. The molecule has 0 saturated carbocycles. The van der Waals surface area contributed by atoms with Crippen LogP contribution in [0.25, 0.3) is 0 Å². The Kier molecular flexibility index (Phi) is 4.54. The van der Waals surface area contributed by atoms with Crippen molar-refractivity contribution < 1.29 is 18.4 Å². The SMILES string of the molecule is CNC(=O)[C@@H]1C[C@H]2CN(Cc3ccc(F)c(F)c3)C[C@H]2N1C(C)=O. The van der Waals surface area contributed by atoms with Gasteiger partial charge in [0.1, 0.15) is 6.04 Å². The molecule has 0 spiro atoms. The third-order valence-corrected chi connectivity index (χ3v) is 5.00. The molecule has 3 atom stereocenters. The Bertz CT molecular complexity index is 667. The Hall–Kier alpha value is -2.02. The second-order valence-electron chi connectivity index (χ2n) is 6.56. The first-order chi connectivity index (χ1) is 11.4. The first-order valence-electron chi connectivity index (χ1n) is 8.07. The number of benzene rings is 1. The van der Waals surface area contributed by atoms with Crippen LogP contribution in [0.2, 0.25) is 0 Å². The number of hydrogen-bond acceptors (Lipinski definition) is 3. The average Bonchev–Trinajstić information content (AvgIpc) is 3.06. The van der Waals surface area contributed by atoms with Gasteiger partial charge in [0.25, 0.3) is 0 Å². The standard InChI is InChI=1S/C17H21F2N3O2/c1-10(23)22-15(17(24)20-2)6-12-8-21(9-16(12)22)7-11-3-4-13(18)14(19)5-11/h3-5,12,15-16H,6-9H2,1-2H3,(H,20,24)/t12-,15-,16+/m0/s1. The van der Waals surface area contributed by atoms with E-state index in [1.165, 1.54) is 13.0 Å². The molecule has 2 heterocycles. The zero-order valence-electron chi connectivity index (χ0n) is 13.8. The quantitative estimate of drug-likeness (QED) is 0.900. The van der Waals surface area contributed by atoms with Crippen LogP contribution in [0.3, 0.4) is 0 Å². The zero-order chi connectivity index (χ0) is 17.4. The van der Waals surface area contributed by atoms with E-state index in [0.29, 0.717) is 25.1 Å². The molecule has 2 fully saturated rings. The largest absolute Gasteiger partial charge is 0.357 e. The Morgan fingerprint density at radius 2 is 2.00 bits per heavy atom. The molecule has 0 aromatic heterocycles. The van der Waals surface area contributed by atoms with Gasteiger partial charge >= 0.3 is 0 Å². The van der Waals surface area contributed by atoms with Crippen molar-refractivity contribution in [1.82, 2.24) is 15.1 Å². The van der Waals surface area contributed by atoms with Crippen LogP contribution in [-0.2, 0) is 16.1 Å². The van der Waals surface area contributed by atoms with Gasteiger partial charge < -0.3 is 10.2 Å². The number of fused-ring (bicyclic) bond motifs is 1. The molecule has 1 aromatic carbocycles. The highest BCUT2D eigenvalue weighted by molar-refractivity contribution is 5.87. The highest BCUT2D eigenvalue weighted by Crippen LogP contribution is 2.36. The van der Waals surface area contributed by atoms with Gasteiger partial charge in [0.2, 0.25) is 11.8 Å². The van der Waals surface area contributed by atoms with Crippen molar-refractivity contribution in [3.63, 3.8) is 0 Å². The van der Waals surface area contributed by atoms with Crippen LogP contribution in [0.1, 0.15) is 18.9 Å². The number of nitrogens with one attached hydrogen (secondary N) is 1. The highest BCUT2D eigenvalue weighted by atomic mass is 19.2. The van der Waals surface area contributed by atoms with E-state index in [1.807, 2.05) is 0 Å². The van der Waals surface area contributed by atoms with Crippen LogP contribution < -0.4 is 5.32 Å². The second-order valence-corrected chi connectivity index (χ2v) is 6.56. The van der Waals surface area contributed by atoms with Crippen molar-refractivity contribution in [3.05, 3.63) is 35.4 Å². The molecule has 2 aliphatic rings. The zero-order valence-corrected chi connectivity index (χ0v) is 13.8. The molecule has 0 aliphatic carbocycles. The van der Waals surface area contributed by atoms with Crippen LogP contribution >= 0.6 is 0 Å². The average molecular weight is 337 g/mol. The molecule has 0 bridgehead atoms. The summed E-state index contributed by atoms with van der Waals surface area (Å²) >= 11 is 0. The van der Waals surface area contributed by atoms with Crippen molar-refractivity contribution in [3.8, 4) is 0 Å². The monoisotopic (exact) mass is 337 g/mol. The van der Waals surface area contributed by atoms with E-state index in [0.717, 1.165) is 12.6 Å². The molecule has 1 N–H and O–H groups in total. The van der Waals surface area contributed by atoms with Crippen LogP contribution in [0.4, 0.5) is 8.78 Å². The van der Waals surface area contributed by atoms with Gasteiger partial charge in [-0.25, -0.2) is 8.78 Å². The maximum Gasteiger partial charge on any atom is 0.242 e. The van der Waals surface area contributed by atoms with Gasteiger partial charge in [-0.2, -0.15) is 0 Å². The Morgan fingerprint density at radius 3 is 2.62 bits per heavy atom. The van der Waals surface area contributed by atoms with Crippen molar-refractivity contribution >= 4 is 11.8 Å². The number of carbonyl (C=O) groups is 2. The fourth-order valence-corrected chi connectivity index (χ4v) is 4.00. The van der Waals surface area contributed by atoms with Crippen LogP contribution in [0, 0.1) is 17.6 Å².